The lowest BCUT2D eigenvalue weighted by molar-refractivity contribution is 0.0948. The van der Waals surface area contributed by atoms with Gasteiger partial charge in [0.15, 0.2) is 5.82 Å². The van der Waals surface area contributed by atoms with E-state index in [1.807, 2.05) is 49.7 Å². The van der Waals surface area contributed by atoms with E-state index in [4.69, 9.17) is 11.6 Å². The number of aromatic nitrogens is 5. The van der Waals surface area contributed by atoms with Crippen LogP contribution in [0.25, 0.3) is 5.69 Å². The van der Waals surface area contributed by atoms with Crippen molar-refractivity contribution >= 4 is 17.5 Å². The molecule has 8 heteroatoms. The van der Waals surface area contributed by atoms with Crippen LogP contribution in [0.3, 0.4) is 0 Å². The van der Waals surface area contributed by atoms with E-state index in [9.17, 15) is 4.79 Å². The van der Waals surface area contributed by atoms with Gasteiger partial charge in [0.1, 0.15) is 5.82 Å². The Hall–Kier alpha value is -2.67. The second-order valence-electron chi connectivity index (χ2n) is 7.83. The second kappa shape index (κ2) is 7.99. The highest BCUT2D eigenvalue weighted by molar-refractivity contribution is 6.30. The third-order valence-electron chi connectivity index (χ3n) is 5.55. The molecular weight excluding hydrogens is 388 g/mol. The maximum absolute atomic E-state index is 12.9. The first-order valence-corrected chi connectivity index (χ1v) is 10.3. The molecule has 1 aliphatic carbocycles. The molecule has 1 N–H and O–H groups in total. The Labute approximate surface area is 175 Å². The monoisotopic (exact) mass is 412 g/mol. The third-order valence-corrected chi connectivity index (χ3v) is 5.80. The Balaban J connectivity index is 1.53. The lowest BCUT2D eigenvalue weighted by Gasteiger charge is -2.24. The fourth-order valence-electron chi connectivity index (χ4n) is 3.68. The number of amides is 1. The topological polar surface area (TPSA) is 77.6 Å². The standard InChI is InChI=1S/C21H25ClN6O/c1-13(2)19-17(11-24-28(19)16-9-7-15(22)8-10-16)21(29)23-12-18-25-26-20(27(18)3)14-5-4-6-14/h7-11,13-14H,4-6,12H2,1-3H3,(H,23,29). The summed E-state index contributed by atoms with van der Waals surface area (Å²) in [6, 6.07) is 7.42. The van der Waals surface area contributed by atoms with Crippen molar-refractivity contribution in [1.82, 2.24) is 29.9 Å². The summed E-state index contributed by atoms with van der Waals surface area (Å²) >= 11 is 6.00. The zero-order valence-electron chi connectivity index (χ0n) is 16.9. The minimum atomic E-state index is -0.165. The SMILES string of the molecule is CC(C)c1c(C(=O)NCc2nnc(C3CCC3)n2C)cnn1-c1ccc(Cl)cc1. The molecule has 0 spiro atoms. The van der Waals surface area contributed by atoms with E-state index in [2.05, 4.69) is 20.6 Å². The summed E-state index contributed by atoms with van der Waals surface area (Å²) in [5, 5.41) is 16.7. The maximum Gasteiger partial charge on any atom is 0.255 e. The van der Waals surface area contributed by atoms with E-state index in [0.717, 1.165) is 23.0 Å². The Kier molecular flexibility index (Phi) is 5.41. The van der Waals surface area contributed by atoms with Gasteiger partial charge >= 0.3 is 0 Å². The number of nitrogens with zero attached hydrogens (tertiary/aromatic N) is 5. The molecule has 1 fully saturated rings. The van der Waals surface area contributed by atoms with Crippen LogP contribution in [-0.2, 0) is 13.6 Å². The van der Waals surface area contributed by atoms with Crippen molar-refractivity contribution in [2.24, 2.45) is 7.05 Å². The van der Waals surface area contributed by atoms with E-state index in [-0.39, 0.29) is 11.8 Å². The molecule has 29 heavy (non-hydrogen) atoms. The first-order valence-electron chi connectivity index (χ1n) is 9.96. The van der Waals surface area contributed by atoms with E-state index in [1.54, 1.807) is 10.9 Å². The maximum atomic E-state index is 12.9. The molecule has 0 unspecified atom stereocenters. The third kappa shape index (κ3) is 3.79. The van der Waals surface area contributed by atoms with Crippen molar-refractivity contribution < 1.29 is 4.79 Å². The average Bonchev–Trinajstić information content (AvgIpc) is 3.24. The van der Waals surface area contributed by atoms with Gasteiger partial charge in [-0.15, -0.1) is 10.2 Å². The number of hydrogen-bond donors (Lipinski definition) is 1. The largest absolute Gasteiger partial charge is 0.345 e. The zero-order chi connectivity index (χ0) is 20.5. The van der Waals surface area contributed by atoms with Crippen LogP contribution in [0.15, 0.2) is 30.5 Å². The summed E-state index contributed by atoms with van der Waals surface area (Å²) in [7, 11) is 1.97. The van der Waals surface area contributed by atoms with Gasteiger partial charge in [0.05, 0.1) is 29.7 Å². The number of rotatable bonds is 6. The second-order valence-corrected chi connectivity index (χ2v) is 8.27. The lowest BCUT2D eigenvalue weighted by Crippen LogP contribution is -2.26. The van der Waals surface area contributed by atoms with Gasteiger partial charge in [0.2, 0.25) is 0 Å². The Morgan fingerprint density at radius 2 is 1.97 bits per heavy atom. The smallest absolute Gasteiger partial charge is 0.255 e. The Bertz CT molecular complexity index is 1020. The molecule has 1 saturated carbocycles. The van der Waals surface area contributed by atoms with Crippen LogP contribution in [-0.4, -0.2) is 30.5 Å². The van der Waals surface area contributed by atoms with Gasteiger partial charge in [0, 0.05) is 18.0 Å². The van der Waals surface area contributed by atoms with Crippen LogP contribution in [0.4, 0.5) is 0 Å². The average molecular weight is 413 g/mol. The summed E-state index contributed by atoms with van der Waals surface area (Å²) in [6.07, 6.45) is 5.20. The van der Waals surface area contributed by atoms with Gasteiger partial charge in [-0.1, -0.05) is 31.9 Å². The van der Waals surface area contributed by atoms with E-state index < -0.39 is 0 Å². The minimum absolute atomic E-state index is 0.119. The molecule has 7 nitrogen and oxygen atoms in total. The summed E-state index contributed by atoms with van der Waals surface area (Å²) < 4.78 is 3.80. The number of carbonyl (C=O) groups is 1. The van der Waals surface area contributed by atoms with Gasteiger partial charge in [-0.3, -0.25) is 4.79 Å². The summed E-state index contributed by atoms with van der Waals surface area (Å²) in [5.41, 5.74) is 2.30. The van der Waals surface area contributed by atoms with Gasteiger partial charge in [-0.25, -0.2) is 4.68 Å². The molecule has 0 atom stereocenters. The summed E-state index contributed by atoms with van der Waals surface area (Å²) in [6.45, 7) is 4.43. The van der Waals surface area contributed by atoms with E-state index in [0.29, 0.717) is 23.0 Å². The molecule has 1 amide bonds. The van der Waals surface area contributed by atoms with Crippen molar-refractivity contribution in [2.75, 3.05) is 0 Å². The predicted molar refractivity (Wildman–Crippen MR) is 111 cm³/mol. The van der Waals surface area contributed by atoms with Crippen LogP contribution in [0, 0.1) is 0 Å². The van der Waals surface area contributed by atoms with Crippen molar-refractivity contribution in [2.45, 2.75) is 51.5 Å². The molecule has 1 aliphatic rings. The number of nitrogens with one attached hydrogen (secondary N) is 1. The van der Waals surface area contributed by atoms with Gasteiger partial charge in [0.25, 0.3) is 5.91 Å². The van der Waals surface area contributed by atoms with Crippen molar-refractivity contribution in [3.8, 4) is 5.69 Å². The fourth-order valence-corrected chi connectivity index (χ4v) is 3.81. The first-order chi connectivity index (χ1) is 14.0. The van der Waals surface area contributed by atoms with Crippen molar-refractivity contribution in [3.05, 3.63) is 58.4 Å². The van der Waals surface area contributed by atoms with Gasteiger partial charge in [-0.05, 0) is 43.0 Å². The molecule has 3 aromatic rings. The molecule has 0 bridgehead atoms. The molecule has 0 radical (unpaired) electrons. The molecule has 0 aliphatic heterocycles. The highest BCUT2D eigenvalue weighted by atomic mass is 35.5. The number of carbonyl (C=O) groups excluding carboxylic acids is 1. The Morgan fingerprint density at radius 1 is 1.24 bits per heavy atom. The molecule has 0 saturated heterocycles. The fraction of sp³-hybridized carbons (Fsp3) is 0.429. The minimum Gasteiger partial charge on any atom is -0.345 e. The molecule has 1 aromatic carbocycles. The number of hydrogen-bond acceptors (Lipinski definition) is 4. The molecule has 152 valence electrons. The predicted octanol–water partition coefficient (Wildman–Crippen LogP) is 3.98. The highest BCUT2D eigenvalue weighted by Crippen LogP contribution is 2.35. The molecule has 2 heterocycles. The van der Waals surface area contributed by atoms with Crippen molar-refractivity contribution in [1.29, 1.82) is 0 Å². The van der Waals surface area contributed by atoms with Crippen LogP contribution in [0.1, 0.15) is 72.6 Å². The zero-order valence-corrected chi connectivity index (χ0v) is 17.6. The van der Waals surface area contributed by atoms with E-state index in [1.165, 1.54) is 19.3 Å². The Morgan fingerprint density at radius 3 is 2.59 bits per heavy atom. The van der Waals surface area contributed by atoms with Crippen LogP contribution >= 0.6 is 11.6 Å². The van der Waals surface area contributed by atoms with Crippen LogP contribution < -0.4 is 5.32 Å². The van der Waals surface area contributed by atoms with Gasteiger partial charge in [-0.2, -0.15) is 5.10 Å². The van der Waals surface area contributed by atoms with Gasteiger partial charge < -0.3 is 9.88 Å². The van der Waals surface area contributed by atoms with Crippen LogP contribution in [0.2, 0.25) is 5.02 Å². The number of benzene rings is 1. The van der Waals surface area contributed by atoms with Crippen LogP contribution in [0.5, 0.6) is 0 Å². The summed E-state index contributed by atoms with van der Waals surface area (Å²) in [5.74, 6) is 2.23. The van der Waals surface area contributed by atoms with E-state index >= 15 is 0 Å². The summed E-state index contributed by atoms with van der Waals surface area (Å²) in [4.78, 5) is 12.9. The molecule has 2 aromatic heterocycles. The quantitative estimate of drug-likeness (QED) is 0.664. The molecule has 4 rings (SSSR count). The first kappa shape index (κ1) is 19.6. The number of halogens is 1. The highest BCUT2D eigenvalue weighted by Gasteiger charge is 2.26. The normalized spacial score (nSPS) is 14.2. The molecular formula is C21H25ClN6O. The van der Waals surface area contributed by atoms with Crippen molar-refractivity contribution in [3.63, 3.8) is 0 Å². The lowest BCUT2D eigenvalue weighted by atomic mass is 9.85.